The third-order valence-electron chi connectivity index (χ3n) is 4.70. The van der Waals surface area contributed by atoms with Crippen molar-refractivity contribution in [3.63, 3.8) is 0 Å². The zero-order chi connectivity index (χ0) is 22.9. The molecule has 0 radical (unpaired) electrons. The molecule has 31 heavy (non-hydrogen) atoms. The summed E-state index contributed by atoms with van der Waals surface area (Å²) in [6.07, 6.45) is 0. The smallest absolute Gasteiger partial charge is 0.251 e. The molecule has 164 valence electrons. The average Bonchev–Trinajstić information content (AvgIpc) is 3.05. The molecule has 1 aromatic heterocycles. The third-order valence-corrected chi connectivity index (χ3v) is 5.77. The van der Waals surface area contributed by atoms with Crippen molar-refractivity contribution in [3.05, 3.63) is 70.8 Å². The van der Waals surface area contributed by atoms with Crippen LogP contribution in [0.5, 0.6) is 0 Å². The molecule has 3 rings (SSSR count). The third kappa shape index (κ3) is 5.28. The summed E-state index contributed by atoms with van der Waals surface area (Å²) in [5.41, 5.74) is 5.94. The van der Waals surface area contributed by atoms with E-state index in [4.69, 9.17) is 5.73 Å². The van der Waals surface area contributed by atoms with Crippen LogP contribution in [0.25, 0.3) is 10.4 Å². The molecule has 0 unspecified atom stereocenters. The number of aliphatic hydroxyl groups is 1. The normalized spacial score (nSPS) is 11.7. The molecule has 5 nitrogen and oxygen atoms in total. The summed E-state index contributed by atoms with van der Waals surface area (Å²) in [5, 5.41) is 13.6. The highest BCUT2D eigenvalue weighted by Gasteiger charge is 2.24. The number of halogens is 2. The average molecular weight is 446 g/mol. The molecular weight excluding hydrogens is 420 g/mol. The van der Waals surface area contributed by atoms with Gasteiger partial charge in [-0.2, -0.15) is 0 Å². The fourth-order valence-electron chi connectivity index (χ4n) is 3.14. The number of amides is 1. The SMILES string of the molecule is CN(C)Cc1ccc(Nc2sc(-c3c(F)cc(C(C)(C)O)cc3F)cc2C(N)=O)cc1. The number of rotatable bonds is 7. The maximum atomic E-state index is 14.8. The first-order valence-electron chi connectivity index (χ1n) is 9.62. The number of thiophene rings is 1. The van der Waals surface area contributed by atoms with E-state index in [0.717, 1.165) is 41.3 Å². The zero-order valence-corrected chi connectivity index (χ0v) is 18.6. The van der Waals surface area contributed by atoms with Gasteiger partial charge < -0.3 is 21.1 Å². The summed E-state index contributed by atoms with van der Waals surface area (Å²) in [6.45, 7) is 3.68. The van der Waals surface area contributed by atoms with Crippen molar-refractivity contribution in [1.29, 1.82) is 0 Å². The Labute approximate surface area is 184 Å². The predicted molar refractivity (Wildman–Crippen MR) is 121 cm³/mol. The number of carbonyl (C=O) groups excluding carboxylic acids is 1. The quantitative estimate of drug-likeness (QED) is 0.487. The molecule has 0 aliphatic rings. The fourth-order valence-corrected chi connectivity index (χ4v) is 4.27. The highest BCUT2D eigenvalue weighted by Crippen LogP contribution is 2.40. The lowest BCUT2D eigenvalue weighted by atomic mass is 9.96. The second-order valence-electron chi connectivity index (χ2n) is 8.15. The monoisotopic (exact) mass is 445 g/mol. The predicted octanol–water partition coefficient (Wildman–Crippen LogP) is 4.82. The molecule has 0 aliphatic heterocycles. The Morgan fingerprint density at radius 2 is 1.71 bits per heavy atom. The van der Waals surface area contributed by atoms with Crippen molar-refractivity contribution in [2.24, 2.45) is 5.73 Å². The maximum absolute atomic E-state index is 14.8. The van der Waals surface area contributed by atoms with Crippen molar-refractivity contribution in [3.8, 4) is 10.4 Å². The highest BCUT2D eigenvalue weighted by molar-refractivity contribution is 7.20. The summed E-state index contributed by atoms with van der Waals surface area (Å²) in [5.74, 6) is -2.36. The Balaban J connectivity index is 1.97. The first-order valence-corrected chi connectivity index (χ1v) is 10.4. The van der Waals surface area contributed by atoms with Gasteiger partial charge in [-0.05, 0) is 69.4 Å². The summed E-state index contributed by atoms with van der Waals surface area (Å²) in [7, 11) is 3.95. The van der Waals surface area contributed by atoms with Crippen LogP contribution in [-0.2, 0) is 12.1 Å². The number of nitrogens with two attached hydrogens (primary N) is 1. The Hall–Kier alpha value is -2.81. The number of hydrogen-bond acceptors (Lipinski definition) is 5. The van der Waals surface area contributed by atoms with Gasteiger partial charge in [0.25, 0.3) is 5.91 Å². The van der Waals surface area contributed by atoms with Gasteiger partial charge in [0.1, 0.15) is 16.6 Å². The lowest BCUT2D eigenvalue weighted by molar-refractivity contribution is 0.0778. The van der Waals surface area contributed by atoms with E-state index in [1.165, 1.54) is 19.9 Å². The van der Waals surface area contributed by atoms with Crippen LogP contribution in [-0.4, -0.2) is 30.0 Å². The van der Waals surface area contributed by atoms with E-state index in [2.05, 4.69) is 5.32 Å². The Morgan fingerprint density at radius 1 is 1.13 bits per heavy atom. The van der Waals surface area contributed by atoms with E-state index in [-0.39, 0.29) is 21.6 Å². The molecule has 4 N–H and O–H groups in total. The van der Waals surface area contributed by atoms with E-state index in [1.54, 1.807) is 0 Å². The first-order chi connectivity index (χ1) is 14.5. The molecule has 0 aliphatic carbocycles. The molecule has 0 bridgehead atoms. The Kier molecular flexibility index (Phi) is 6.45. The number of anilines is 2. The van der Waals surface area contributed by atoms with Gasteiger partial charge in [0.2, 0.25) is 0 Å². The number of hydrogen-bond donors (Lipinski definition) is 3. The van der Waals surface area contributed by atoms with Gasteiger partial charge in [-0.1, -0.05) is 12.1 Å². The van der Waals surface area contributed by atoms with Gasteiger partial charge in [0.05, 0.1) is 16.7 Å². The molecule has 3 aromatic rings. The summed E-state index contributed by atoms with van der Waals surface area (Å²) in [6, 6.07) is 11.2. The van der Waals surface area contributed by atoms with Crippen LogP contribution in [0.4, 0.5) is 19.5 Å². The number of nitrogens with one attached hydrogen (secondary N) is 1. The lowest BCUT2D eigenvalue weighted by Gasteiger charge is -2.18. The molecule has 8 heteroatoms. The van der Waals surface area contributed by atoms with E-state index in [9.17, 15) is 18.7 Å². The molecule has 1 heterocycles. The number of benzene rings is 2. The minimum absolute atomic E-state index is 0.120. The minimum Gasteiger partial charge on any atom is -0.386 e. The van der Waals surface area contributed by atoms with Crippen LogP contribution in [0.3, 0.4) is 0 Å². The topological polar surface area (TPSA) is 78.6 Å². The Morgan fingerprint density at radius 3 is 2.19 bits per heavy atom. The second-order valence-corrected chi connectivity index (χ2v) is 9.20. The summed E-state index contributed by atoms with van der Waals surface area (Å²) in [4.78, 5) is 14.2. The highest BCUT2D eigenvalue weighted by atomic mass is 32.1. The van der Waals surface area contributed by atoms with Crippen LogP contribution >= 0.6 is 11.3 Å². The van der Waals surface area contributed by atoms with Gasteiger partial charge in [0, 0.05) is 17.1 Å². The van der Waals surface area contributed by atoms with Crippen molar-refractivity contribution in [2.75, 3.05) is 19.4 Å². The summed E-state index contributed by atoms with van der Waals surface area (Å²) < 4.78 is 29.5. The standard InChI is InChI=1S/C23H25F2N3O2S/c1-23(2,30)14-9-17(24)20(18(25)10-14)19-11-16(21(26)29)22(31-19)27-15-7-5-13(6-8-15)12-28(3)4/h5-11,27,30H,12H2,1-4H3,(H2,26,29). The zero-order valence-electron chi connectivity index (χ0n) is 17.8. The van der Waals surface area contributed by atoms with Gasteiger partial charge >= 0.3 is 0 Å². The van der Waals surface area contributed by atoms with Crippen molar-refractivity contribution < 1.29 is 18.7 Å². The lowest BCUT2D eigenvalue weighted by Crippen LogP contribution is -2.16. The van der Waals surface area contributed by atoms with E-state index in [1.807, 2.05) is 43.3 Å². The van der Waals surface area contributed by atoms with Crippen LogP contribution in [0.1, 0.15) is 35.3 Å². The summed E-state index contributed by atoms with van der Waals surface area (Å²) >= 11 is 1.03. The molecule has 1 amide bonds. The fraction of sp³-hybridized carbons (Fsp3) is 0.261. The number of carbonyl (C=O) groups is 1. The van der Waals surface area contributed by atoms with Crippen molar-refractivity contribution in [2.45, 2.75) is 26.0 Å². The number of primary amides is 1. The van der Waals surface area contributed by atoms with Crippen molar-refractivity contribution in [1.82, 2.24) is 4.90 Å². The van der Waals surface area contributed by atoms with Crippen molar-refractivity contribution >= 4 is 27.9 Å². The van der Waals surface area contributed by atoms with E-state index < -0.39 is 23.1 Å². The first kappa shape index (κ1) is 22.9. The van der Waals surface area contributed by atoms with Gasteiger partial charge in [-0.25, -0.2) is 8.78 Å². The van der Waals surface area contributed by atoms with Crippen LogP contribution < -0.4 is 11.1 Å². The molecular formula is C23H25F2N3O2S. The van der Waals surface area contributed by atoms with Crippen LogP contribution in [0, 0.1) is 11.6 Å². The van der Waals surface area contributed by atoms with Gasteiger partial charge in [-0.3, -0.25) is 4.79 Å². The minimum atomic E-state index is -1.39. The number of nitrogens with zero attached hydrogens (tertiary/aromatic N) is 1. The van der Waals surface area contributed by atoms with Crippen LogP contribution in [0.2, 0.25) is 0 Å². The molecule has 0 spiro atoms. The maximum Gasteiger partial charge on any atom is 0.251 e. The molecule has 2 aromatic carbocycles. The molecule has 0 fully saturated rings. The molecule has 0 saturated carbocycles. The Bertz CT molecular complexity index is 1080. The largest absolute Gasteiger partial charge is 0.386 e. The van der Waals surface area contributed by atoms with Gasteiger partial charge in [-0.15, -0.1) is 11.3 Å². The molecule has 0 atom stereocenters. The van der Waals surface area contributed by atoms with Crippen LogP contribution in [0.15, 0.2) is 42.5 Å². The second kappa shape index (κ2) is 8.74. The van der Waals surface area contributed by atoms with E-state index in [0.29, 0.717) is 5.00 Å². The van der Waals surface area contributed by atoms with Gasteiger partial charge in [0.15, 0.2) is 0 Å². The van der Waals surface area contributed by atoms with E-state index >= 15 is 0 Å². The molecule has 0 saturated heterocycles.